The van der Waals surface area contributed by atoms with E-state index >= 15 is 0 Å². The van der Waals surface area contributed by atoms with E-state index in [1.165, 1.54) is 71.9 Å². The summed E-state index contributed by atoms with van der Waals surface area (Å²) in [5, 5.41) is 21.2. The predicted octanol–water partition coefficient (Wildman–Crippen LogP) is 4.18. The number of nitrogens with zero attached hydrogens (tertiary/aromatic N) is 3. The Morgan fingerprint density at radius 3 is 1.77 bits per heavy atom. The first-order valence-electron chi connectivity index (χ1n) is 9.49. The molecule has 0 bridgehead atoms. The first-order valence-corrected chi connectivity index (χ1v) is 11.6. The summed E-state index contributed by atoms with van der Waals surface area (Å²) in [6.07, 6.45) is -0.690. The molecule has 1 amide bonds. The molecule has 0 aliphatic carbocycles. The highest BCUT2D eigenvalue weighted by Gasteiger charge is 2.19. The first kappa shape index (κ1) is 31.3. The van der Waals surface area contributed by atoms with Gasteiger partial charge in [0, 0.05) is 36.9 Å². The van der Waals surface area contributed by atoms with Crippen molar-refractivity contribution in [2.75, 3.05) is 45.3 Å². The van der Waals surface area contributed by atoms with Crippen LogP contribution in [0.15, 0.2) is 36.4 Å². The number of hydrogen-bond acceptors (Lipinski definition) is 10. The van der Waals surface area contributed by atoms with Gasteiger partial charge in [0.15, 0.2) is 0 Å². The summed E-state index contributed by atoms with van der Waals surface area (Å²) in [4.78, 5) is 45.6. The van der Waals surface area contributed by atoms with Crippen LogP contribution in [0.1, 0.15) is 5.56 Å². The minimum absolute atomic E-state index is 0.0542. The second-order valence-electron chi connectivity index (χ2n) is 6.15. The summed E-state index contributed by atoms with van der Waals surface area (Å²) in [7, 11) is 6.76. The van der Waals surface area contributed by atoms with E-state index in [0.717, 1.165) is 4.90 Å². The van der Waals surface area contributed by atoms with Gasteiger partial charge in [-0.25, -0.2) is 4.79 Å². The number of non-ortho nitro benzene ring substituents is 2. The molecule has 14 heteroatoms. The van der Waals surface area contributed by atoms with E-state index in [4.69, 9.17) is 9.47 Å². The predicted molar refractivity (Wildman–Crippen MR) is 136 cm³/mol. The topological polar surface area (TPSA) is 161 Å². The van der Waals surface area contributed by atoms with E-state index in [2.05, 4.69) is 32.1 Å². The third-order valence-corrected chi connectivity index (χ3v) is 4.22. The molecule has 0 spiro atoms. The Morgan fingerprint density at radius 1 is 0.857 bits per heavy atom. The molecule has 35 heavy (non-hydrogen) atoms. The van der Waals surface area contributed by atoms with Crippen molar-refractivity contribution in [2.45, 2.75) is 6.42 Å². The summed E-state index contributed by atoms with van der Waals surface area (Å²) < 4.78 is 19.0. The standard InChI is InChI=1S/C10H12N2O5.C10H11NO5.CH3I/c1-11(10(13)17-3)8-6-7(12(14)15)4-5-9(8)16-2;1-15-9-4-3-8(11(13)14)5-7(9)6-10(12)16-2;1-2/h4-6H,1-3H3;3-5H,6H2,1-2H3;1H3. The number of rotatable bonds is 7. The molecule has 0 aromatic heterocycles. The van der Waals surface area contributed by atoms with Crippen LogP contribution in [0.4, 0.5) is 21.9 Å². The minimum Gasteiger partial charge on any atom is -0.496 e. The molecule has 2 rings (SSSR count). The van der Waals surface area contributed by atoms with Crippen LogP contribution in [0.2, 0.25) is 0 Å². The van der Waals surface area contributed by atoms with Gasteiger partial charge in [-0.3, -0.25) is 29.9 Å². The summed E-state index contributed by atoms with van der Waals surface area (Å²) in [6, 6.07) is 8.04. The lowest BCUT2D eigenvalue weighted by Gasteiger charge is -2.17. The van der Waals surface area contributed by atoms with Crippen molar-refractivity contribution < 1.29 is 38.4 Å². The molecular formula is C21H26IN3O10. The summed E-state index contributed by atoms with van der Waals surface area (Å²) in [5.41, 5.74) is 0.494. The first-order chi connectivity index (χ1) is 16.6. The van der Waals surface area contributed by atoms with Gasteiger partial charge in [-0.05, 0) is 17.1 Å². The maximum Gasteiger partial charge on any atom is 0.413 e. The lowest BCUT2D eigenvalue weighted by Crippen LogP contribution is -2.26. The molecule has 0 N–H and O–H groups in total. The highest BCUT2D eigenvalue weighted by Crippen LogP contribution is 2.31. The van der Waals surface area contributed by atoms with Crippen LogP contribution >= 0.6 is 22.6 Å². The number of methoxy groups -OCH3 is 4. The number of halogens is 1. The number of ether oxygens (including phenoxy) is 4. The Balaban J connectivity index is 0.000000618. The molecule has 2 aromatic rings. The number of amides is 1. The van der Waals surface area contributed by atoms with Crippen LogP contribution in [0, 0.1) is 20.2 Å². The molecule has 0 radical (unpaired) electrons. The van der Waals surface area contributed by atoms with E-state index in [1.807, 2.05) is 4.93 Å². The summed E-state index contributed by atoms with van der Waals surface area (Å²) in [5.74, 6) is 0.304. The van der Waals surface area contributed by atoms with Crippen LogP contribution in [0.25, 0.3) is 0 Å². The number of alkyl halides is 1. The van der Waals surface area contributed by atoms with E-state index in [9.17, 15) is 29.8 Å². The van der Waals surface area contributed by atoms with E-state index in [-0.39, 0.29) is 23.5 Å². The molecule has 0 aliphatic heterocycles. The van der Waals surface area contributed by atoms with Crippen LogP contribution in [0.5, 0.6) is 11.5 Å². The lowest BCUT2D eigenvalue weighted by atomic mass is 10.1. The maximum absolute atomic E-state index is 11.3. The normalized spacial score (nSPS) is 9.23. The molecule has 192 valence electrons. The lowest BCUT2D eigenvalue weighted by molar-refractivity contribution is -0.385. The van der Waals surface area contributed by atoms with Gasteiger partial charge in [-0.15, -0.1) is 0 Å². The average molecular weight is 607 g/mol. The van der Waals surface area contributed by atoms with Gasteiger partial charge in [-0.2, -0.15) is 0 Å². The smallest absolute Gasteiger partial charge is 0.413 e. The molecule has 13 nitrogen and oxygen atoms in total. The Morgan fingerprint density at radius 2 is 1.34 bits per heavy atom. The van der Waals surface area contributed by atoms with Gasteiger partial charge < -0.3 is 18.9 Å². The van der Waals surface area contributed by atoms with Crippen molar-refractivity contribution in [1.29, 1.82) is 0 Å². The number of carbonyl (C=O) groups excluding carboxylic acids is 2. The van der Waals surface area contributed by atoms with Crippen molar-refractivity contribution in [3.63, 3.8) is 0 Å². The maximum atomic E-state index is 11.3. The number of nitro benzene ring substituents is 2. The van der Waals surface area contributed by atoms with Gasteiger partial charge >= 0.3 is 12.1 Å². The number of hydrogen-bond donors (Lipinski definition) is 0. The van der Waals surface area contributed by atoms with E-state index in [0.29, 0.717) is 17.1 Å². The fourth-order valence-corrected chi connectivity index (χ4v) is 2.53. The van der Waals surface area contributed by atoms with Gasteiger partial charge in [-0.1, -0.05) is 22.6 Å². The van der Waals surface area contributed by atoms with Crippen molar-refractivity contribution in [3.8, 4) is 11.5 Å². The highest BCUT2D eigenvalue weighted by molar-refractivity contribution is 14.1. The van der Waals surface area contributed by atoms with Crippen molar-refractivity contribution in [3.05, 3.63) is 62.2 Å². The third-order valence-electron chi connectivity index (χ3n) is 4.22. The van der Waals surface area contributed by atoms with Crippen LogP contribution in [-0.2, 0) is 20.7 Å². The number of nitro groups is 2. The quantitative estimate of drug-likeness (QED) is 0.147. The van der Waals surface area contributed by atoms with E-state index < -0.39 is 21.9 Å². The zero-order chi connectivity index (χ0) is 27.1. The minimum atomic E-state index is -0.635. The number of esters is 1. The highest BCUT2D eigenvalue weighted by atomic mass is 127. The van der Waals surface area contributed by atoms with Crippen molar-refractivity contribution >= 4 is 51.7 Å². The monoisotopic (exact) mass is 607 g/mol. The second kappa shape index (κ2) is 16.0. The summed E-state index contributed by atoms with van der Waals surface area (Å²) in [6.45, 7) is 0. The van der Waals surface area contributed by atoms with Gasteiger partial charge in [0.1, 0.15) is 11.5 Å². The molecule has 0 fully saturated rings. The number of benzene rings is 2. The fourth-order valence-electron chi connectivity index (χ4n) is 2.53. The zero-order valence-electron chi connectivity index (χ0n) is 20.0. The second-order valence-corrected chi connectivity index (χ2v) is 6.15. The third kappa shape index (κ3) is 9.60. The SMILES string of the molecule is CI.COC(=O)Cc1cc([N+](=O)[O-])ccc1OC.COC(=O)N(C)c1cc([N+](=O)[O-])ccc1OC. The number of carbonyl (C=O) groups is 2. The Kier molecular flexibility index (Phi) is 14.3. The molecule has 0 heterocycles. The van der Waals surface area contributed by atoms with Gasteiger partial charge in [0.05, 0.1) is 50.4 Å². The molecule has 0 unspecified atom stereocenters. The molecular weight excluding hydrogens is 581 g/mol. The van der Waals surface area contributed by atoms with Crippen LogP contribution in [-0.4, -0.2) is 62.3 Å². The zero-order valence-corrected chi connectivity index (χ0v) is 22.1. The molecule has 0 atom stereocenters. The molecule has 0 saturated carbocycles. The fraction of sp³-hybridized carbons (Fsp3) is 0.333. The van der Waals surface area contributed by atoms with Crippen LogP contribution in [0.3, 0.4) is 0 Å². The Hall–Kier alpha value is -3.69. The van der Waals surface area contributed by atoms with Crippen molar-refractivity contribution in [2.24, 2.45) is 0 Å². The van der Waals surface area contributed by atoms with Gasteiger partial charge in [0.25, 0.3) is 11.4 Å². The number of anilines is 1. The summed E-state index contributed by atoms with van der Waals surface area (Å²) >= 11 is 2.15. The average Bonchev–Trinajstić information content (AvgIpc) is 2.88. The molecule has 0 saturated heterocycles. The van der Waals surface area contributed by atoms with Crippen LogP contribution < -0.4 is 14.4 Å². The Labute approximate surface area is 215 Å². The van der Waals surface area contributed by atoms with E-state index in [1.54, 1.807) is 0 Å². The molecule has 0 aliphatic rings. The Bertz CT molecular complexity index is 1030. The largest absolute Gasteiger partial charge is 0.496 e. The molecule has 2 aromatic carbocycles. The van der Waals surface area contributed by atoms with Crippen molar-refractivity contribution in [1.82, 2.24) is 0 Å². The van der Waals surface area contributed by atoms with Gasteiger partial charge in [0.2, 0.25) is 0 Å².